The van der Waals surface area contributed by atoms with Crippen molar-refractivity contribution in [1.82, 2.24) is 5.32 Å². The molecule has 0 aliphatic carbocycles. The molecule has 0 aromatic carbocycles. The average Bonchev–Trinajstić information content (AvgIpc) is 2.35. The molecule has 18 heavy (non-hydrogen) atoms. The fourth-order valence-electron chi connectivity index (χ4n) is 0.340. The molecule has 0 aliphatic heterocycles. The summed E-state index contributed by atoms with van der Waals surface area (Å²) in [5.74, 6) is -1.86. The molecule has 0 radical (unpaired) electrons. The maximum absolute atomic E-state index is 9.82. The van der Waals surface area contributed by atoms with Crippen LogP contribution in [0.1, 0.15) is 6.42 Å². The molecule has 5 N–H and O–H groups in total. The van der Waals surface area contributed by atoms with Crippen molar-refractivity contribution in [3.8, 4) is 12.1 Å². The lowest BCUT2D eigenvalue weighted by atomic mass is 10.4. The van der Waals surface area contributed by atoms with Gasteiger partial charge in [-0.05, 0) is 0 Å². The molecule has 0 aromatic rings. The van der Waals surface area contributed by atoms with Crippen LogP contribution in [0.5, 0.6) is 0 Å². The second-order valence-corrected chi connectivity index (χ2v) is 2.41. The predicted octanol–water partition coefficient (Wildman–Crippen LogP) is -0.700. The summed E-state index contributed by atoms with van der Waals surface area (Å²) in [5, 5.41) is 33.7. The molecule has 0 bridgehead atoms. The molecule has 0 saturated carbocycles. The monoisotopic (exact) mass is 256 g/mol. The van der Waals surface area contributed by atoms with Gasteiger partial charge in [0.2, 0.25) is 0 Å². The van der Waals surface area contributed by atoms with Crippen LogP contribution in [-0.4, -0.2) is 41.8 Å². The fourth-order valence-corrected chi connectivity index (χ4v) is 0.340. The zero-order valence-corrected chi connectivity index (χ0v) is 9.80. The van der Waals surface area contributed by atoms with Crippen LogP contribution in [0.25, 0.3) is 0 Å². The van der Waals surface area contributed by atoms with E-state index in [-0.39, 0.29) is 13.1 Å². The Morgan fingerprint density at radius 2 is 1.78 bits per heavy atom. The van der Waals surface area contributed by atoms with Gasteiger partial charge in [0.25, 0.3) is 0 Å². The van der Waals surface area contributed by atoms with Gasteiger partial charge >= 0.3 is 11.9 Å². The van der Waals surface area contributed by atoms with Crippen LogP contribution in [-0.2, 0) is 9.59 Å². The van der Waals surface area contributed by atoms with E-state index in [2.05, 4.69) is 17.6 Å². The Morgan fingerprint density at radius 1 is 1.33 bits per heavy atom. The summed E-state index contributed by atoms with van der Waals surface area (Å²) < 4.78 is 0. The minimum Gasteiger partial charge on any atom is -0.480 e. The first-order chi connectivity index (χ1) is 8.45. The minimum atomic E-state index is -0.968. The Hall–Kier alpha value is -2.42. The lowest BCUT2D eigenvalue weighted by molar-refractivity contribution is -0.136. The van der Waals surface area contributed by atoms with Gasteiger partial charge in [-0.3, -0.25) is 9.59 Å². The molecule has 0 saturated heterocycles. The summed E-state index contributed by atoms with van der Waals surface area (Å²) in [5.41, 5.74) is 4.57. The van der Waals surface area contributed by atoms with E-state index in [9.17, 15) is 9.59 Å². The van der Waals surface area contributed by atoms with Gasteiger partial charge in [-0.15, -0.1) is 0 Å². The lowest BCUT2D eigenvalue weighted by Gasteiger charge is -1.93. The topological polar surface area (TPSA) is 160 Å². The highest BCUT2D eigenvalue weighted by Crippen LogP contribution is 1.68. The standard InChI is InChI=1S/C5H8N2O2.C3H3N.C2H5NO2/c6-2-1-3-7-4-5(8)9;1-2-3-4;3-1-2(4)5/h7H,1,3-4H2,(H,8,9);2H,1H2;1,3H2,(H,4,5). The molecule has 100 valence electrons. The summed E-state index contributed by atoms with van der Waals surface area (Å²) >= 11 is 0. The highest BCUT2D eigenvalue weighted by atomic mass is 16.4. The molecule has 0 aliphatic rings. The van der Waals surface area contributed by atoms with Crippen LogP contribution in [0.4, 0.5) is 0 Å². The van der Waals surface area contributed by atoms with E-state index in [0.29, 0.717) is 13.0 Å². The summed E-state index contributed by atoms with van der Waals surface area (Å²) in [4.78, 5) is 19.1. The summed E-state index contributed by atoms with van der Waals surface area (Å²) in [6.45, 7) is 3.22. The Kier molecular flexibility index (Phi) is 23.3. The van der Waals surface area contributed by atoms with Crippen molar-refractivity contribution in [3.63, 3.8) is 0 Å². The maximum Gasteiger partial charge on any atom is 0.317 e. The Morgan fingerprint density at radius 3 is 2.00 bits per heavy atom. The molecule has 8 nitrogen and oxygen atoms in total. The number of carboxylic acids is 2. The van der Waals surface area contributed by atoms with Gasteiger partial charge in [0.1, 0.15) is 0 Å². The average molecular weight is 256 g/mol. The summed E-state index contributed by atoms with van der Waals surface area (Å²) in [7, 11) is 0. The number of hydrogen-bond acceptors (Lipinski definition) is 6. The van der Waals surface area contributed by atoms with Crippen LogP contribution in [0.2, 0.25) is 0 Å². The van der Waals surface area contributed by atoms with Crippen molar-refractivity contribution < 1.29 is 19.8 Å². The van der Waals surface area contributed by atoms with Gasteiger partial charge in [0, 0.05) is 19.0 Å². The second kappa shape index (κ2) is 20.1. The molecule has 0 heterocycles. The molecule has 0 rings (SSSR count). The third kappa shape index (κ3) is 49.6. The van der Waals surface area contributed by atoms with E-state index in [1.807, 2.05) is 6.07 Å². The molecule has 0 aromatic heterocycles. The molecule has 0 fully saturated rings. The van der Waals surface area contributed by atoms with E-state index in [1.54, 1.807) is 6.07 Å². The number of nitrogens with two attached hydrogens (primary N) is 1. The number of rotatable bonds is 5. The largest absolute Gasteiger partial charge is 0.480 e. The zero-order chi connectivity index (χ0) is 14.8. The van der Waals surface area contributed by atoms with Gasteiger partial charge in [0.05, 0.1) is 25.2 Å². The van der Waals surface area contributed by atoms with Crippen molar-refractivity contribution in [1.29, 1.82) is 10.5 Å². The van der Waals surface area contributed by atoms with Gasteiger partial charge in [-0.1, -0.05) is 6.58 Å². The van der Waals surface area contributed by atoms with E-state index in [0.717, 1.165) is 0 Å². The molecule has 0 spiro atoms. The minimum absolute atomic E-state index is 0.0678. The normalized spacial score (nSPS) is 7.06. The SMILES string of the molecule is C=CC#N.N#CCCNCC(=O)O.NCC(=O)O. The highest BCUT2D eigenvalue weighted by molar-refractivity contribution is 5.69. The van der Waals surface area contributed by atoms with Crippen molar-refractivity contribution >= 4 is 11.9 Å². The van der Waals surface area contributed by atoms with Crippen LogP contribution in [0.15, 0.2) is 12.7 Å². The number of carboxylic acid groups (broad SMARTS) is 2. The molecular weight excluding hydrogens is 240 g/mol. The van der Waals surface area contributed by atoms with Gasteiger partial charge in [-0.25, -0.2) is 0 Å². The number of hydrogen-bond donors (Lipinski definition) is 4. The number of nitrogens with zero attached hydrogens (tertiary/aromatic N) is 2. The molecule has 0 amide bonds. The molecule has 0 unspecified atom stereocenters. The Labute approximate surface area is 105 Å². The smallest absolute Gasteiger partial charge is 0.317 e. The van der Waals surface area contributed by atoms with E-state index < -0.39 is 11.9 Å². The van der Waals surface area contributed by atoms with Crippen molar-refractivity contribution in [2.75, 3.05) is 19.6 Å². The first-order valence-electron chi connectivity index (χ1n) is 4.68. The maximum atomic E-state index is 9.82. The van der Waals surface area contributed by atoms with Crippen LogP contribution in [0, 0.1) is 22.7 Å². The number of allylic oxidation sites excluding steroid dienone is 1. The molecule has 8 heteroatoms. The summed E-state index contributed by atoms with van der Waals surface area (Å²) in [6, 6.07) is 3.58. The predicted molar refractivity (Wildman–Crippen MR) is 63.2 cm³/mol. The Bertz CT molecular complexity index is 317. The van der Waals surface area contributed by atoms with Crippen molar-refractivity contribution in [3.05, 3.63) is 12.7 Å². The number of nitriles is 2. The number of carbonyl (C=O) groups is 2. The van der Waals surface area contributed by atoms with Gasteiger partial charge in [0.15, 0.2) is 0 Å². The van der Waals surface area contributed by atoms with E-state index >= 15 is 0 Å². The van der Waals surface area contributed by atoms with E-state index in [1.165, 1.54) is 6.08 Å². The van der Waals surface area contributed by atoms with Crippen molar-refractivity contribution in [2.45, 2.75) is 6.42 Å². The summed E-state index contributed by atoms with van der Waals surface area (Å²) in [6.07, 6.45) is 1.54. The Balaban J connectivity index is -0.000000212. The molecular formula is C10H16N4O4. The molecule has 0 atom stereocenters. The zero-order valence-electron chi connectivity index (χ0n) is 9.80. The highest BCUT2D eigenvalue weighted by Gasteiger charge is 1.92. The fraction of sp³-hybridized carbons (Fsp3) is 0.400. The lowest BCUT2D eigenvalue weighted by Crippen LogP contribution is -2.22. The first-order valence-corrected chi connectivity index (χ1v) is 4.68. The number of aliphatic carboxylic acids is 2. The van der Waals surface area contributed by atoms with Crippen molar-refractivity contribution in [2.24, 2.45) is 5.73 Å². The van der Waals surface area contributed by atoms with Gasteiger partial charge < -0.3 is 21.3 Å². The van der Waals surface area contributed by atoms with Crippen LogP contribution < -0.4 is 11.1 Å². The third-order valence-corrected chi connectivity index (χ3v) is 0.956. The third-order valence-electron chi connectivity index (χ3n) is 0.956. The van der Waals surface area contributed by atoms with Crippen LogP contribution >= 0.6 is 0 Å². The quantitative estimate of drug-likeness (QED) is 0.371. The first kappa shape index (κ1) is 20.9. The number of nitrogens with one attached hydrogen (secondary N) is 1. The van der Waals surface area contributed by atoms with Gasteiger partial charge in [-0.2, -0.15) is 10.5 Å². The van der Waals surface area contributed by atoms with Crippen LogP contribution in [0.3, 0.4) is 0 Å². The second-order valence-electron chi connectivity index (χ2n) is 2.41. The van der Waals surface area contributed by atoms with E-state index in [4.69, 9.17) is 20.7 Å².